The van der Waals surface area contributed by atoms with Crippen molar-refractivity contribution in [3.05, 3.63) is 0 Å². The maximum absolute atomic E-state index is 10.2. The number of nitrogens with zero attached hydrogens (tertiary/aromatic N) is 1. The van der Waals surface area contributed by atoms with Crippen molar-refractivity contribution in [1.29, 1.82) is 0 Å². The fourth-order valence-corrected chi connectivity index (χ4v) is 0. The van der Waals surface area contributed by atoms with Crippen LogP contribution in [0.5, 0.6) is 0 Å². The van der Waals surface area contributed by atoms with E-state index in [-0.39, 0.29) is 0 Å². The van der Waals surface area contributed by atoms with Gasteiger partial charge in [-0.15, -0.1) is 0 Å². The molecule has 0 aromatic carbocycles. The van der Waals surface area contributed by atoms with Gasteiger partial charge in [0.1, 0.15) is 0 Å². The highest BCUT2D eigenvalue weighted by Gasteiger charge is 2.02. The summed E-state index contributed by atoms with van der Waals surface area (Å²) in [6.07, 6.45) is 1.08. The van der Waals surface area contributed by atoms with Crippen LogP contribution >= 0.6 is 12.8 Å². The van der Waals surface area contributed by atoms with Crippen LogP contribution in [0.1, 0.15) is 0 Å². The van der Waals surface area contributed by atoms with Crippen LogP contribution in [0, 0.1) is 0 Å². The first-order valence-electron chi connectivity index (χ1n) is 1.57. The molecule has 0 aromatic heterocycles. The van der Waals surface area contributed by atoms with Crippen molar-refractivity contribution < 1.29 is 8.42 Å². The van der Waals surface area contributed by atoms with E-state index in [1.165, 1.54) is 7.05 Å². The summed E-state index contributed by atoms with van der Waals surface area (Å²) in [5.74, 6) is 0. The summed E-state index contributed by atoms with van der Waals surface area (Å²) in [5.41, 5.74) is 0. The van der Waals surface area contributed by atoms with Crippen molar-refractivity contribution in [2.75, 3.05) is 13.3 Å². The third-order valence-electron chi connectivity index (χ3n) is 0.480. The normalized spacial score (nSPS) is 12.6. The minimum absolute atomic E-state index is 0.854. The molecule has 0 rings (SSSR count). The Morgan fingerprint density at radius 3 is 1.71 bits per heavy atom. The van der Waals surface area contributed by atoms with Gasteiger partial charge in [-0.25, -0.2) is 8.42 Å². The molecule has 0 heterocycles. The van der Waals surface area contributed by atoms with Gasteiger partial charge >= 0.3 is 0 Å². The van der Waals surface area contributed by atoms with E-state index in [1.807, 2.05) is 0 Å². The lowest BCUT2D eigenvalue weighted by atomic mass is 11.6. The van der Waals surface area contributed by atoms with Crippen LogP contribution in [0.2, 0.25) is 0 Å². The Kier molecular flexibility index (Phi) is 2.09. The minimum atomic E-state index is -3.04. The summed E-state index contributed by atoms with van der Waals surface area (Å²) in [6.45, 7) is 0. The summed E-state index contributed by atoms with van der Waals surface area (Å²) < 4.78 is 21.2. The minimum Gasteiger partial charge on any atom is -0.212 e. The van der Waals surface area contributed by atoms with E-state index in [1.54, 1.807) is 0 Å². The molecule has 0 saturated heterocycles. The molecule has 0 atom stereocenters. The molecule has 0 aromatic rings. The van der Waals surface area contributed by atoms with Crippen molar-refractivity contribution >= 4 is 22.8 Å². The summed E-state index contributed by atoms with van der Waals surface area (Å²) in [7, 11) is -1.68. The highest BCUT2D eigenvalue weighted by molar-refractivity contribution is 7.99. The zero-order valence-corrected chi connectivity index (χ0v) is 5.83. The highest BCUT2D eigenvalue weighted by Crippen LogP contribution is 1.93. The van der Waals surface area contributed by atoms with Crippen molar-refractivity contribution in [3.63, 3.8) is 0 Å². The Morgan fingerprint density at radius 2 is 1.71 bits per heavy atom. The lowest BCUT2D eigenvalue weighted by molar-refractivity contribution is 0.572. The molecule has 0 unspecified atom stereocenters. The quantitative estimate of drug-likeness (QED) is 0.510. The molecule has 0 aliphatic rings. The van der Waals surface area contributed by atoms with Crippen LogP contribution in [0.25, 0.3) is 0 Å². The molecular weight excluding hydrogens is 134 g/mol. The van der Waals surface area contributed by atoms with Crippen molar-refractivity contribution in [2.24, 2.45) is 0 Å². The first kappa shape index (κ1) is 7.26. The van der Waals surface area contributed by atoms with Crippen LogP contribution in [-0.2, 0) is 10.0 Å². The first-order valence-corrected chi connectivity index (χ1v) is 3.82. The monoisotopic (exact) mass is 141 g/mol. The number of hydrogen-bond acceptors (Lipinski definition) is 3. The third kappa shape index (κ3) is 2.90. The largest absolute Gasteiger partial charge is 0.219 e. The standard InChI is InChI=1S/C2H7NO2S2/c1-3(6)7(2,4)5/h6H,1-2H3. The third-order valence-corrected chi connectivity index (χ3v) is 2.33. The van der Waals surface area contributed by atoms with Crippen LogP contribution in [-0.4, -0.2) is 25.4 Å². The second-order valence-corrected chi connectivity index (χ2v) is 4.08. The Balaban J connectivity index is 4.10. The first-order chi connectivity index (χ1) is 2.94. The van der Waals surface area contributed by atoms with E-state index in [0.717, 1.165) is 9.97 Å². The molecule has 0 N–H and O–H groups in total. The summed E-state index contributed by atoms with van der Waals surface area (Å²) in [4.78, 5) is 0. The highest BCUT2D eigenvalue weighted by atomic mass is 32.3. The Labute approximate surface area is 48.9 Å². The molecule has 0 bridgehead atoms. The average Bonchev–Trinajstić information content (AvgIpc) is 1.31. The molecule has 0 saturated carbocycles. The van der Waals surface area contributed by atoms with Gasteiger partial charge in [-0.05, 0) is 0 Å². The van der Waals surface area contributed by atoms with Gasteiger partial charge in [0.25, 0.3) is 0 Å². The SMILES string of the molecule is CN(S)S(C)(=O)=O. The number of rotatable bonds is 1. The molecule has 0 aliphatic carbocycles. The molecule has 0 radical (unpaired) electrons. The molecule has 7 heavy (non-hydrogen) atoms. The number of thiol groups is 1. The summed E-state index contributed by atoms with van der Waals surface area (Å²) in [6, 6.07) is 0. The predicted molar refractivity (Wildman–Crippen MR) is 31.6 cm³/mol. The molecule has 5 heteroatoms. The van der Waals surface area contributed by atoms with Crippen molar-refractivity contribution in [1.82, 2.24) is 3.71 Å². The average molecular weight is 141 g/mol. The molecule has 3 nitrogen and oxygen atoms in total. The zero-order chi connectivity index (χ0) is 6.08. The van der Waals surface area contributed by atoms with E-state index in [9.17, 15) is 8.42 Å². The smallest absolute Gasteiger partial charge is 0.212 e. The van der Waals surface area contributed by atoms with Gasteiger partial charge in [0.15, 0.2) is 0 Å². The van der Waals surface area contributed by atoms with Crippen LogP contribution in [0.4, 0.5) is 0 Å². The van der Waals surface area contributed by atoms with Gasteiger partial charge in [0, 0.05) is 7.05 Å². The zero-order valence-electron chi connectivity index (χ0n) is 4.12. The maximum atomic E-state index is 10.2. The van der Waals surface area contributed by atoms with Gasteiger partial charge in [0.05, 0.1) is 6.26 Å². The fraction of sp³-hybridized carbons (Fsp3) is 1.00. The maximum Gasteiger partial charge on any atom is 0.219 e. The summed E-state index contributed by atoms with van der Waals surface area (Å²) in [5, 5.41) is 0. The Morgan fingerprint density at radius 1 is 1.57 bits per heavy atom. The van der Waals surface area contributed by atoms with E-state index >= 15 is 0 Å². The van der Waals surface area contributed by atoms with E-state index < -0.39 is 10.0 Å². The van der Waals surface area contributed by atoms with Gasteiger partial charge in [0.2, 0.25) is 10.0 Å². The molecule has 0 aliphatic heterocycles. The molecular formula is C2H7NO2S2. The second kappa shape index (κ2) is 2.02. The molecule has 44 valence electrons. The second-order valence-electron chi connectivity index (χ2n) is 1.20. The van der Waals surface area contributed by atoms with Gasteiger partial charge < -0.3 is 0 Å². The number of sulfonamides is 1. The van der Waals surface area contributed by atoms with Crippen molar-refractivity contribution in [3.8, 4) is 0 Å². The van der Waals surface area contributed by atoms with E-state index in [4.69, 9.17) is 0 Å². The molecule has 0 spiro atoms. The predicted octanol–water partition coefficient (Wildman–Crippen LogP) is -0.277. The van der Waals surface area contributed by atoms with Crippen LogP contribution in [0.15, 0.2) is 0 Å². The van der Waals surface area contributed by atoms with E-state index in [2.05, 4.69) is 12.8 Å². The van der Waals surface area contributed by atoms with Crippen molar-refractivity contribution in [2.45, 2.75) is 0 Å². The Bertz CT molecular complexity index is 136. The van der Waals surface area contributed by atoms with E-state index in [0.29, 0.717) is 0 Å². The van der Waals surface area contributed by atoms with Gasteiger partial charge in [-0.2, -0.15) is 3.71 Å². The van der Waals surface area contributed by atoms with Gasteiger partial charge in [-0.3, -0.25) is 0 Å². The lowest BCUT2D eigenvalue weighted by Crippen LogP contribution is -2.14. The van der Waals surface area contributed by atoms with Gasteiger partial charge in [-0.1, -0.05) is 12.8 Å². The summed E-state index contributed by atoms with van der Waals surface area (Å²) >= 11 is 3.52. The molecule has 0 fully saturated rings. The van der Waals surface area contributed by atoms with Crippen LogP contribution in [0.3, 0.4) is 0 Å². The number of hydrogen-bond donors (Lipinski definition) is 1. The molecule has 0 amide bonds. The lowest BCUT2D eigenvalue weighted by Gasteiger charge is -2.01. The fourth-order valence-electron chi connectivity index (χ4n) is 0. The topological polar surface area (TPSA) is 37.4 Å². The Hall–Kier alpha value is 0.260. The van der Waals surface area contributed by atoms with Crippen LogP contribution < -0.4 is 0 Å².